The molecule has 3 rings (SSSR count). The van der Waals surface area contributed by atoms with Crippen LogP contribution in [-0.4, -0.2) is 33.3 Å². The zero-order valence-corrected chi connectivity index (χ0v) is 13.8. The van der Waals surface area contributed by atoms with Gasteiger partial charge < -0.3 is 14.5 Å². The monoisotopic (exact) mass is 327 g/mol. The summed E-state index contributed by atoms with van der Waals surface area (Å²) in [6.45, 7) is 3.48. The maximum Gasteiger partial charge on any atom is 0.142 e. The molecule has 0 unspecified atom stereocenters. The lowest BCUT2D eigenvalue weighted by Gasteiger charge is -2.38. The van der Waals surface area contributed by atoms with Crippen LogP contribution in [0.4, 0.5) is 11.4 Å². The number of hydrogen-bond donors (Lipinski definition) is 0. The van der Waals surface area contributed by atoms with Crippen LogP contribution in [0, 0.1) is 11.3 Å². The lowest BCUT2D eigenvalue weighted by molar-refractivity contribution is 0.413. The van der Waals surface area contributed by atoms with Gasteiger partial charge in [-0.15, -0.1) is 0 Å². The van der Waals surface area contributed by atoms with Gasteiger partial charge in [-0.2, -0.15) is 5.26 Å². The van der Waals surface area contributed by atoms with Gasteiger partial charge in [-0.25, -0.2) is 0 Å². The summed E-state index contributed by atoms with van der Waals surface area (Å²) >= 11 is 5.98. The van der Waals surface area contributed by atoms with Crippen molar-refractivity contribution in [2.24, 2.45) is 0 Å². The maximum atomic E-state index is 9.31. The van der Waals surface area contributed by atoms with Crippen molar-refractivity contribution in [3.8, 4) is 11.8 Å². The number of benzene rings is 2. The minimum absolute atomic E-state index is 0.595. The van der Waals surface area contributed by atoms with E-state index in [0.717, 1.165) is 43.3 Å². The van der Waals surface area contributed by atoms with E-state index in [1.54, 1.807) is 13.2 Å². The Kier molecular flexibility index (Phi) is 4.59. The minimum atomic E-state index is 0.595. The second-order valence-corrected chi connectivity index (χ2v) is 5.86. The summed E-state index contributed by atoms with van der Waals surface area (Å²) in [4.78, 5) is 4.55. The number of piperazine rings is 1. The molecule has 0 amide bonds. The molecule has 2 aromatic carbocycles. The van der Waals surface area contributed by atoms with E-state index in [1.165, 1.54) is 0 Å². The Labute approximate surface area is 141 Å². The van der Waals surface area contributed by atoms with E-state index in [4.69, 9.17) is 16.3 Å². The van der Waals surface area contributed by atoms with Gasteiger partial charge in [-0.1, -0.05) is 23.7 Å². The molecule has 0 atom stereocenters. The molecule has 0 aromatic heterocycles. The first kappa shape index (κ1) is 15.5. The van der Waals surface area contributed by atoms with Crippen LogP contribution in [0.15, 0.2) is 42.5 Å². The molecular formula is C18H18ClN3O. The van der Waals surface area contributed by atoms with Crippen molar-refractivity contribution < 1.29 is 4.74 Å². The summed E-state index contributed by atoms with van der Waals surface area (Å²) in [6, 6.07) is 15.8. The molecule has 1 heterocycles. The molecule has 0 spiro atoms. The Hall–Kier alpha value is -2.38. The largest absolute Gasteiger partial charge is 0.495 e. The number of nitriles is 1. The molecule has 0 radical (unpaired) electrons. The normalized spacial score (nSPS) is 14.5. The van der Waals surface area contributed by atoms with Crippen molar-refractivity contribution in [1.29, 1.82) is 5.26 Å². The number of anilines is 2. The van der Waals surface area contributed by atoms with Crippen LogP contribution in [0.3, 0.4) is 0 Å². The number of halogens is 1. The van der Waals surface area contributed by atoms with Gasteiger partial charge in [0.15, 0.2) is 0 Å². The molecule has 1 fully saturated rings. The van der Waals surface area contributed by atoms with Crippen molar-refractivity contribution >= 4 is 23.0 Å². The zero-order chi connectivity index (χ0) is 16.2. The van der Waals surface area contributed by atoms with E-state index in [0.29, 0.717) is 10.6 Å². The highest BCUT2D eigenvalue weighted by Gasteiger charge is 2.21. The molecule has 0 saturated carbocycles. The van der Waals surface area contributed by atoms with E-state index < -0.39 is 0 Å². The molecular weight excluding hydrogens is 310 g/mol. The molecule has 118 valence electrons. The molecule has 2 aromatic rings. The summed E-state index contributed by atoms with van der Waals surface area (Å²) in [5, 5.41) is 9.90. The number of rotatable bonds is 3. The third-order valence-electron chi connectivity index (χ3n) is 4.13. The first-order chi connectivity index (χ1) is 11.2. The first-order valence-corrected chi connectivity index (χ1v) is 7.93. The van der Waals surface area contributed by atoms with Gasteiger partial charge in [-0.3, -0.25) is 0 Å². The highest BCUT2D eigenvalue weighted by Crippen LogP contribution is 2.30. The maximum absolute atomic E-state index is 9.31. The lowest BCUT2D eigenvalue weighted by atomic mass is 10.1. The van der Waals surface area contributed by atoms with Crippen molar-refractivity contribution in [2.75, 3.05) is 43.1 Å². The van der Waals surface area contributed by atoms with Gasteiger partial charge in [0.2, 0.25) is 0 Å². The number of nitrogens with zero attached hydrogens (tertiary/aromatic N) is 3. The van der Waals surface area contributed by atoms with Crippen molar-refractivity contribution in [3.05, 3.63) is 53.1 Å². The second-order valence-electron chi connectivity index (χ2n) is 5.42. The molecule has 0 bridgehead atoms. The summed E-state index contributed by atoms with van der Waals surface area (Å²) in [7, 11) is 1.70. The average molecular weight is 328 g/mol. The Morgan fingerprint density at radius 3 is 2.30 bits per heavy atom. The Morgan fingerprint density at radius 1 is 1.00 bits per heavy atom. The van der Waals surface area contributed by atoms with Crippen LogP contribution in [0.2, 0.25) is 5.02 Å². The van der Waals surface area contributed by atoms with Crippen LogP contribution in [0.1, 0.15) is 5.56 Å². The summed E-state index contributed by atoms with van der Waals surface area (Å²) in [5.74, 6) is 0.894. The predicted octanol–water partition coefficient (Wildman–Crippen LogP) is 3.55. The SMILES string of the molecule is COc1ccccc1N1CCN(c2ccc(Cl)cc2C#N)CC1. The van der Waals surface area contributed by atoms with Crippen LogP contribution >= 0.6 is 11.6 Å². The molecule has 5 heteroatoms. The number of hydrogen-bond acceptors (Lipinski definition) is 4. The molecule has 1 saturated heterocycles. The van der Waals surface area contributed by atoms with E-state index >= 15 is 0 Å². The fourth-order valence-electron chi connectivity index (χ4n) is 2.95. The van der Waals surface area contributed by atoms with Gasteiger partial charge in [0.05, 0.1) is 24.0 Å². The summed E-state index contributed by atoms with van der Waals surface area (Å²) in [6.07, 6.45) is 0. The Morgan fingerprint density at radius 2 is 1.65 bits per heavy atom. The number of methoxy groups -OCH3 is 1. The Bertz CT molecular complexity index is 733. The van der Waals surface area contributed by atoms with Gasteiger partial charge in [0.25, 0.3) is 0 Å². The zero-order valence-electron chi connectivity index (χ0n) is 13.0. The average Bonchev–Trinajstić information content (AvgIpc) is 2.61. The molecule has 4 nitrogen and oxygen atoms in total. The van der Waals surface area contributed by atoms with Crippen LogP contribution in [0.25, 0.3) is 0 Å². The second kappa shape index (κ2) is 6.80. The van der Waals surface area contributed by atoms with Crippen LogP contribution < -0.4 is 14.5 Å². The first-order valence-electron chi connectivity index (χ1n) is 7.55. The number of ether oxygens (including phenoxy) is 1. The van der Waals surface area contributed by atoms with Crippen molar-refractivity contribution in [3.63, 3.8) is 0 Å². The fourth-order valence-corrected chi connectivity index (χ4v) is 3.12. The smallest absolute Gasteiger partial charge is 0.142 e. The number of para-hydroxylation sites is 2. The fraction of sp³-hybridized carbons (Fsp3) is 0.278. The van der Waals surface area contributed by atoms with E-state index in [9.17, 15) is 5.26 Å². The minimum Gasteiger partial charge on any atom is -0.495 e. The third-order valence-corrected chi connectivity index (χ3v) is 4.36. The molecule has 1 aliphatic heterocycles. The van der Waals surface area contributed by atoms with Crippen LogP contribution in [0.5, 0.6) is 5.75 Å². The van der Waals surface area contributed by atoms with Crippen molar-refractivity contribution in [1.82, 2.24) is 0 Å². The summed E-state index contributed by atoms with van der Waals surface area (Å²) < 4.78 is 5.45. The van der Waals surface area contributed by atoms with Gasteiger partial charge >= 0.3 is 0 Å². The highest BCUT2D eigenvalue weighted by atomic mass is 35.5. The molecule has 0 aliphatic carbocycles. The van der Waals surface area contributed by atoms with E-state index in [-0.39, 0.29) is 0 Å². The third kappa shape index (κ3) is 3.20. The predicted molar refractivity (Wildman–Crippen MR) is 93.6 cm³/mol. The summed E-state index contributed by atoms with van der Waals surface area (Å²) in [5.41, 5.74) is 2.70. The highest BCUT2D eigenvalue weighted by molar-refractivity contribution is 6.30. The Balaban J connectivity index is 1.75. The van der Waals surface area contributed by atoms with Gasteiger partial charge in [0, 0.05) is 31.2 Å². The lowest BCUT2D eigenvalue weighted by Crippen LogP contribution is -2.46. The van der Waals surface area contributed by atoms with Crippen molar-refractivity contribution in [2.45, 2.75) is 0 Å². The topological polar surface area (TPSA) is 39.5 Å². The van der Waals surface area contributed by atoms with E-state index in [2.05, 4.69) is 21.9 Å². The van der Waals surface area contributed by atoms with E-state index in [1.807, 2.05) is 30.3 Å². The molecule has 23 heavy (non-hydrogen) atoms. The quantitative estimate of drug-likeness (QED) is 0.864. The van der Waals surface area contributed by atoms with Gasteiger partial charge in [-0.05, 0) is 30.3 Å². The van der Waals surface area contributed by atoms with Gasteiger partial charge in [0.1, 0.15) is 11.8 Å². The molecule has 0 N–H and O–H groups in total. The molecule has 1 aliphatic rings. The standard InChI is InChI=1S/C18H18ClN3O/c1-23-18-5-3-2-4-17(18)22-10-8-21(9-11-22)16-7-6-15(19)12-14(16)13-20/h2-7,12H,8-11H2,1H3. The van der Waals surface area contributed by atoms with Crippen LogP contribution in [-0.2, 0) is 0 Å².